The van der Waals surface area contributed by atoms with Crippen molar-refractivity contribution in [3.63, 3.8) is 0 Å². The Balaban J connectivity index is 1.82. The van der Waals surface area contributed by atoms with Crippen molar-refractivity contribution in [2.24, 2.45) is 0 Å². The number of nitrogens with one attached hydrogen (secondary N) is 1. The number of hydrogen-bond donors (Lipinski definition) is 1. The normalized spacial score (nSPS) is 11.9. The summed E-state index contributed by atoms with van der Waals surface area (Å²) < 4.78 is 16.5. The van der Waals surface area contributed by atoms with Gasteiger partial charge < -0.3 is 24.1 Å². The molecule has 0 amide bonds. The molecular weight excluding hydrogens is 376 g/mol. The molecule has 0 unspecified atom stereocenters. The number of thiophene rings is 1. The molecule has 0 fully saturated rings. The smallest absolute Gasteiger partial charge is 0.240 e. The van der Waals surface area contributed by atoms with Crippen molar-refractivity contribution in [3.05, 3.63) is 47.0 Å². The summed E-state index contributed by atoms with van der Waals surface area (Å²) in [6.45, 7) is 0.524. The van der Waals surface area contributed by atoms with Crippen molar-refractivity contribution < 1.29 is 13.9 Å². The first-order valence-electron chi connectivity index (χ1n) is 8.64. The monoisotopic (exact) mass is 398 g/mol. The second-order valence-corrected chi connectivity index (χ2v) is 7.21. The predicted octanol–water partition coefficient (Wildman–Crippen LogP) is 4.01. The molecule has 8 heteroatoms. The molecule has 0 radical (unpaired) electrons. The summed E-state index contributed by atoms with van der Waals surface area (Å²) in [4.78, 5) is 7.25. The third-order valence-electron chi connectivity index (χ3n) is 4.34. The van der Waals surface area contributed by atoms with E-state index >= 15 is 0 Å². The minimum absolute atomic E-state index is 0.0154. The van der Waals surface area contributed by atoms with Gasteiger partial charge in [-0.2, -0.15) is 10.2 Å². The van der Waals surface area contributed by atoms with E-state index in [0.717, 1.165) is 10.4 Å². The number of rotatable bonds is 8. The highest BCUT2D eigenvalue weighted by Crippen LogP contribution is 2.32. The Bertz CT molecular complexity index is 960. The van der Waals surface area contributed by atoms with E-state index in [1.165, 1.54) is 11.3 Å². The molecule has 0 spiro atoms. The highest BCUT2D eigenvalue weighted by molar-refractivity contribution is 7.13. The van der Waals surface area contributed by atoms with Crippen molar-refractivity contribution in [3.8, 4) is 28.3 Å². The largest absolute Gasteiger partial charge is 0.493 e. The van der Waals surface area contributed by atoms with Crippen LogP contribution in [0.1, 0.15) is 17.3 Å². The van der Waals surface area contributed by atoms with Crippen LogP contribution in [0.15, 0.2) is 40.1 Å². The van der Waals surface area contributed by atoms with Gasteiger partial charge in [-0.05, 0) is 43.2 Å². The summed E-state index contributed by atoms with van der Waals surface area (Å²) in [5.41, 5.74) is 1.29. The van der Waals surface area contributed by atoms with E-state index in [0.29, 0.717) is 29.8 Å². The SMILES string of the molecule is COc1ccc([C@H](CNc2oc(-c3cccs3)nc2C#N)N(C)C)cc1OC. The molecule has 0 saturated heterocycles. The molecule has 2 heterocycles. The summed E-state index contributed by atoms with van der Waals surface area (Å²) in [5, 5.41) is 14.6. The maximum Gasteiger partial charge on any atom is 0.240 e. The number of nitrogens with zero attached hydrogens (tertiary/aromatic N) is 3. The molecule has 3 aromatic rings. The number of benzene rings is 1. The molecular formula is C20H22N4O3S. The molecule has 0 bridgehead atoms. The lowest BCUT2D eigenvalue weighted by atomic mass is 10.1. The summed E-state index contributed by atoms with van der Waals surface area (Å²) >= 11 is 1.51. The van der Waals surface area contributed by atoms with Crippen molar-refractivity contribution in [2.45, 2.75) is 6.04 Å². The number of likely N-dealkylation sites (N-methyl/N-ethyl adjacent to an activating group) is 1. The first-order chi connectivity index (χ1) is 13.6. The first-order valence-corrected chi connectivity index (χ1v) is 9.52. The number of nitriles is 1. The topological polar surface area (TPSA) is 83.5 Å². The minimum atomic E-state index is 0.0154. The molecule has 0 aliphatic heterocycles. The van der Waals surface area contributed by atoms with Gasteiger partial charge in [0, 0.05) is 6.54 Å². The third-order valence-corrected chi connectivity index (χ3v) is 5.19. The average molecular weight is 398 g/mol. The second-order valence-electron chi connectivity index (χ2n) is 6.26. The van der Waals surface area contributed by atoms with Crippen molar-refractivity contribution in [2.75, 3.05) is 40.2 Å². The van der Waals surface area contributed by atoms with Crippen LogP contribution in [0, 0.1) is 11.3 Å². The van der Waals surface area contributed by atoms with Gasteiger partial charge in [-0.1, -0.05) is 12.1 Å². The number of anilines is 1. The lowest BCUT2D eigenvalue weighted by Crippen LogP contribution is -2.27. The molecule has 0 aliphatic carbocycles. The van der Waals surface area contributed by atoms with Crippen LogP contribution in [0.4, 0.5) is 5.88 Å². The summed E-state index contributed by atoms with van der Waals surface area (Å²) in [7, 11) is 7.21. The van der Waals surface area contributed by atoms with Crippen LogP contribution in [0.25, 0.3) is 10.8 Å². The van der Waals surface area contributed by atoms with Crippen LogP contribution in [-0.4, -0.2) is 44.7 Å². The van der Waals surface area contributed by atoms with E-state index in [1.54, 1.807) is 14.2 Å². The van der Waals surface area contributed by atoms with E-state index in [4.69, 9.17) is 13.9 Å². The van der Waals surface area contributed by atoms with E-state index < -0.39 is 0 Å². The molecule has 2 aromatic heterocycles. The fraction of sp³-hybridized carbons (Fsp3) is 0.300. The van der Waals surface area contributed by atoms with E-state index in [2.05, 4.69) is 21.3 Å². The van der Waals surface area contributed by atoms with Gasteiger partial charge in [0.25, 0.3) is 0 Å². The Morgan fingerprint density at radius 1 is 1.25 bits per heavy atom. The second kappa shape index (κ2) is 8.78. The lowest BCUT2D eigenvalue weighted by Gasteiger charge is -2.25. The van der Waals surface area contributed by atoms with Gasteiger partial charge in [0.2, 0.25) is 17.5 Å². The van der Waals surface area contributed by atoms with Crippen LogP contribution >= 0.6 is 11.3 Å². The zero-order valence-corrected chi connectivity index (χ0v) is 17.0. The maximum atomic E-state index is 9.40. The van der Waals surface area contributed by atoms with Crippen LogP contribution in [0.3, 0.4) is 0 Å². The number of ether oxygens (including phenoxy) is 2. The average Bonchev–Trinajstić information content (AvgIpc) is 3.37. The van der Waals surface area contributed by atoms with Gasteiger partial charge in [-0.3, -0.25) is 0 Å². The highest BCUT2D eigenvalue weighted by atomic mass is 32.1. The summed E-state index contributed by atoms with van der Waals surface area (Å²) in [5.74, 6) is 2.17. The number of methoxy groups -OCH3 is 2. The number of aromatic nitrogens is 1. The Morgan fingerprint density at radius 2 is 2.04 bits per heavy atom. The molecule has 28 heavy (non-hydrogen) atoms. The van der Waals surface area contributed by atoms with Crippen molar-refractivity contribution in [1.82, 2.24) is 9.88 Å². The quantitative estimate of drug-likeness (QED) is 0.614. The summed E-state index contributed by atoms with van der Waals surface area (Å²) in [6.07, 6.45) is 0. The Morgan fingerprint density at radius 3 is 2.64 bits per heavy atom. The Kier molecular flexibility index (Phi) is 6.19. The highest BCUT2D eigenvalue weighted by Gasteiger charge is 2.20. The van der Waals surface area contributed by atoms with Gasteiger partial charge in [0.1, 0.15) is 6.07 Å². The fourth-order valence-electron chi connectivity index (χ4n) is 2.87. The van der Waals surface area contributed by atoms with Gasteiger partial charge >= 0.3 is 0 Å². The van der Waals surface area contributed by atoms with Gasteiger partial charge in [0.05, 0.1) is 25.1 Å². The van der Waals surface area contributed by atoms with Gasteiger partial charge in [-0.15, -0.1) is 11.3 Å². The van der Waals surface area contributed by atoms with E-state index in [9.17, 15) is 5.26 Å². The van der Waals surface area contributed by atoms with E-state index in [1.807, 2.05) is 49.8 Å². The van der Waals surface area contributed by atoms with Crippen molar-refractivity contribution in [1.29, 1.82) is 5.26 Å². The zero-order valence-electron chi connectivity index (χ0n) is 16.2. The molecule has 146 valence electrons. The van der Waals surface area contributed by atoms with Crippen LogP contribution < -0.4 is 14.8 Å². The predicted molar refractivity (Wildman–Crippen MR) is 109 cm³/mol. The molecule has 7 nitrogen and oxygen atoms in total. The maximum absolute atomic E-state index is 9.40. The standard InChI is InChI=1S/C20H22N4O3S/c1-24(2)15(13-7-8-16(25-3)17(10-13)26-4)12-22-19-14(11-21)23-20(27-19)18-6-5-9-28-18/h5-10,15,22H,12H2,1-4H3/t15-/m0/s1. The Hall–Kier alpha value is -3.02. The van der Waals surface area contributed by atoms with Crippen LogP contribution in [0.2, 0.25) is 0 Å². The fourth-order valence-corrected chi connectivity index (χ4v) is 3.52. The van der Waals surface area contributed by atoms with Crippen molar-refractivity contribution >= 4 is 17.2 Å². The lowest BCUT2D eigenvalue weighted by molar-refractivity contribution is 0.307. The zero-order chi connectivity index (χ0) is 20.1. The molecule has 0 aliphatic rings. The number of hydrogen-bond acceptors (Lipinski definition) is 8. The van der Waals surface area contributed by atoms with E-state index in [-0.39, 0.29) is 11.7 Å². The first kappa shape index (κ1) is 19.7. The summed E-state index contributed by atoms with van der Waals surface area (Å²) in [6, 6.07) is 11.8. The molecule has 0 saturated carbocycles. The van der Waals surface area contributed by atoms with Gasteiger partial charge in [0.15, 0.2) is 11.5 Å². The molecule has 1 N–H and O–H groups in total. The molecule has 3 rings (SSSR count). The molecule has 1 aromatic carbocycles. The minimum Gasteiger partial charge on any atom is -0.493 e. The van der Waals surface area contributed by atoms with Gasteiger partial charge in [-0.25, -0.2) is 0 Å². The van der Waals surface area contributed by atoms with Crippen LogP contribution in [-0.2, 0) is 0 Å². The molecule has 1 atom stereocenters. The Labute approximate surface area is 168 Å². The number of oxazole rings is 1. The third kappa shape index (κ3) is 4.11. The van der Waals surface area contributed by atoms with Crippen LogP contribution in [0.5, 0.6) is 11.5 Å².